The number of aromatic nitrogens is 1. The van der Waals surface area contributed by atoms with Gasteiger partial charge in [-0.15, -0.1) is 0 Å². The molecule has 0 saturated heterocycles. The van der Waals surface area contributed by atoms with E-state index >= 15 is 0 Å². The molecule has 1 fully saturated rings. The Labute approximate surface area is 170 Å². The number of nitrogens with two attached hydrogens (primary N) is 1. The van der Waals surface area contributed by atoms with Gasteiger partial charge in [-0.1, -0.05) is 29.8 Å². The largest absolute Gasteiger partial charge is 0.321 e. The second-order valence-electron chi connectivity index (χ2n) is 7.64. The summed E-state index contributed by atoms with van der Waals surface area (Å²) >= 11 is 6.12. The molecule has 0 atom stereocenters. The average molecular weight is 391 g/mol. The Morgan fingerprint density at radius 3 is 2.61 bits per heavy atom. The molecular weight excluding hydrogens is 368 g/mol. The van der Waals surface area contributed by atoms with Gasteiger partial charge in [0.2, 0.25) is 0 Å². The van der Waals surface area contributed by atoms with Crippen LogP contribution in [-0.4, -0.2) is 11.0 Å². The lowest BCUT2D eigenvalue weighted by Gasteiger charge is -2.38. The molecule has 3 aromatic rings. The van der Waals surface area contributed by atoms with E-state index in [-0.39, 0.29) is 5.54 Å². The fraction of sp³-hybridized carbons (Fsp3) is 0.304. The summed E-state index contributed by atoms with van der Waals surface area (Å²) < 4.78 is 0. The van der Waals surface area contributed by atoms with Crippen LogP contribution in [0.5, 0.6) is 0 Å². The maximum absolute atomic E-state index is 8.90. The molecule has 0 amide bonds. The summed E-state index contributed by atoms with van der Waals surface area (Å²) in [6, 6.07) is 18.2. The van der Waals surface area contributed by atoms with Gasteiger partial charge in [0, 0.05) is 34.7 Å². The lowest BCUT2D eigenvalue weighted by atomic mass is 9.74. The highest BCUT2D eigenvalue weighted by Crippen LogP contribution is 2.38. The van der Waals surface area contributed by atoms with E-state index in [2.05, 4.69) is 22.4 Å². The molecule has 0 bridgehead atoms. The van der Waals surface area contributed by atoms with E-state index in [0.717, 1.165) is 43.1 Å². The molecule has 2 aromatic carbocycles. The minimum atomic E-state index is -0.332. The molecule has 4 nitrogen and oxygen atoms in total. The molecule has 1 aliphatic rings. The lowest BCUT2D eigenvalue weighted by molar-refractivity contribution is 0.252. The first-order chi connectivity index (χ1) is 13.6. The van der Waals surface area contributed by atoms with Gasteiger partial charge in [-0.3, -0.25) is 4.98 Å². The van der Waals surface area contributed by atoms with Gasteiger partial charge in [0.15, 0.2) is 0 Å². The number of nitrogens with zero attached hydrogens (tertiary/aromatic N) is 2. The fourth-order valence-corrected chi connectivity index (χ4v) is 4.29. The molecule has 1 aromatic heterocycles. The highest BCUT2D eigenvalue weighted by Gasteiger charge is 2.34. The molecule has 5 heteroatoms. The van der Waals surface area contributed by atoms with Crippen LogP contribution in [0.4, 0.5) is 0 Å². The molecule has 0 radical (unpaired) electrons. The predicted octanol–water partition coefficient (Wildman–Crippen LogP) is 4.65. The van der Waals surface area contributed by atoms with Crippen molar-refractivity contribution in [2.45, 2.75) is 43.8 Å². The smallest absolute Gasteiger partial charge is 0.0991 e. The van der Waals surface area contributed by atoms with Gasteiger partial charge in [0.05, 0.1) is 17.1 Å². The van der Waals surface area contributed by atoms with E-state index in [0.29, 0.717) is 16.6 Å². The zero-order valence-electron chi connectivity index (χ0n) is 15.7. The Morgan fingerprint density at radius 1 is 1.14 bits per heavy atom. The van der Waals surface area contributed by atoms with E-state index in [1.807, 2.05) is 48.7 Å². The molecule has 0 aliphatic heterocycles. The van der Waals surface area contributed by atoms with Crippen LogP contribution in [0.15, 0.2) is 54.7 Å². The highest BCUT2D eigenvalue weighted by molar-refractivity contribution is 6.31. The maximum Gasteiger partial charge on any atom is 0.0991 e. The molecule has 142 valence electrons. The van der Waals surface area contributed by atoms with Gasteiger partial charge in [-0.25, -0.2) is 0 Å². The first-order valence-electron chi connectivity index (χ1n) is 9.63. The van der Waals surface area contributed by atoms with Gasteiger partial charge in [0.25, 0.3) is 0 Å². The van der Waals surface area contributed by atoms with Crippen molar-refractivity contribution in [3.8, 4) is 6.07 Å². The van der Waals surface area contributed by atoms with Gasteiger partial charge < -0.3 is 11.1 Å². The number of hydrogen-bond acceptors (Lipinski definition) is 4. The third-order valence-corrected chi connectivity index (χ3v) is 6.03. The van der Waals surface area contributed by atoms with E-state index < -0.39 is 0 Å². The zero-order chi connectivity index (χ0) is 19.6. The number of hydrogen-bond donors (Lipinski definition) is 2. The minimum Gasteiger partial charge on any atom is -0.321 e. The van der Waals surface area contributed by atoms with E-state index in [1.54, 1.807) is 0 Å². The number of nitriles is 1. The highest BCUT2D eigenvalue weighted by atomic mass is 35.5. The number of fused-ring (bicyclic) bond motifs is 1. The SMILES string of the molecule is N#Cc1ccc(CNC2CCC(N)(c3ccnc4cc(Cl)ccc34)CC2)cc1. The standard InChI is InChI=1S/C23H23ClN4/c24-18-5-6-20-21(9-12-27-22(20)13-18)23(26)10-7-19(8-11-23)28-15-17-3-1-16(14-25)2-4-17/h1-6,9,12-13,19,28H,7-8,10-11,15,26H2. The number of rotatable bonds is 4. The van der Waals surface area contributed by atoms with E-state index in [1.165, 1.54) is 11.1 Å². The Hall–Kier alpha value is -2.45. The summed E-state index contributed by atoms with van der Waals surface area (Å²) in [5, 5.41) is 14.3. The number of pyridine rings is 1. The van der Waals surface area contributed by atoms with Crippen LogP contribution in [0.1, 0.15) is 42.4 Å². The van der Waals surface area contributed by atoms with Crippen molar-refractivity contribution in [3.05, 3.63) is 76.4 Å². The molecule has 4 rings (SSSR count). The topological polar surface area (TPSA) is 74.7 Å². The predicted molar refractivity (Wildman–Crippen MR) is 113 cm³/mol. The summed E-state index contributed by atoms with van der Waals surface area (Å²) in [4.78, 5) is 4.45. The minimum absolute atomic E-state index is 0.332. The van der Waals surface area contributed by atoms with Crippen molar-refractivity contribution >= 4 is 22.5 Å². The van der Waals surface area contributed by atoms with Crippen LogP contribution in [0.3, 0.4) is 0 Å². The van der Waals surface area contributed by atoms with Crippen LogP contribution in [0.25, 0.3) is 10.9 Å². The summed E-state index contributed by atoms with van der Waals surface area (Å²) in [6.45, 7) is 0.810. The van der Waals surface area contributed by atoms with Crippen molar-refractivity contribution in [1.29, 1.82) is 5.26 Å². The molecule has 28 heavy (non-hydrogen) atoms. The number of halogens is 1. The van der Waals surface area contributed by atoms with Gasteiger partial charge in [0.1, 0.15) is 0 Å². The molecule has 0 spiro atoms. The maximum atomic E-state index is 8.90. The van der Waals surface area contributed by atoms with Crippen LogP contribution in [-0.2, 0) is 12.1 Å². The summed E-state index contributed by atoms with van der Waals surface area (Å²) in [5.74, 6) is 0. The Morgan fingerprint density at radius 2 is 1.89 bits per heavy atom. The number of nitrogens with one attached hydrogen (secondary N) is 1. The molecular formula is C23H23ClN4. The first-order valence-corrected chi connectivity index (χ1v) is 10.0. The van der Waals surface area contributed by atoms with Crippen molar-refractivity contribution in [2.24, 2.45) is 5.73 Å². The van der Waals surface area contributed by atoms with Crippen molar-refractivity contribution in [1.82, 2.24) is 10.3 Å². The van der Waals surface area contributed by atoms with Gasteiger partial charge >= 0.3 is 0 Å². The summed E-state index contributed by atoms with van der Waals surface area (Å²) in [7, 11) is 0. The Bertz CT molecular complexity index is 1010. The summed E-state index contributed by atoms with van der Waals surface area (Å²) in [6.07, 6.45) is 5.76. The average Bonchev–Trinajstić information content (AvgIpc) is 2.73. The third kappa shape index (κ3) is 3.88. The molecule has 1 aliphatic carbocycles. The molecule has 1 heterocycles. The monoisotopic (exact) mass is 390 g/mol. The van der Waals surface area contributed by atoms with Crippen molar-refractivity contribution < 1.29 is 0 Å². The quantitative estimate of drug-likeness (QED) is 0.680. The Balaban J connectivity index is 1.42. The van der Waals surface area contributed by atoms with Crippen LogP contribution < -0.4 is 11.1 Å². The fourth-order valence-electron chi connectivity index (χ4n) is 4.12. The normalized spacial score (nSPS) is 22.1. The van der Waals surface area contributed by atoms with Crippen molar-refractivity contribution in [2.75, 3.05) is 0 Å². The lowest BCUT2D eigenvalue weighted by Crippen LogP contribution is -2.45. The van der Waals surface area contributed by atoms with Crippen LogP contribution in [0, 0.1) is 11.3 Å². The van der Waals surface area contributed by atoms with Crippen LogP contribution >= 0.6 is 11.6 Å². The van der Waals surface area contributed by atoms with Crippen molar-refractivity contribution in [3.63, 3.8) is 0 Å². The van der Waals surface area contributed by atoms with Crippen LogP contribution in [0.2, 0.25) is 5.02 Å². The first kappa shape index (κ1) is 18.9. The third-order valence-electron chi connectivity index (χ3n) is 5.80. The zero-order valence-corrected chi connectivity index (χ0v) is 16.4. The van der Waals surface area contributed by atoms with Gasteiger partial charge in [-0.05, 0) is 67.1 Å². The summed E-state index contributed by atoms with van der Waals surface area (Å²) in [5.41, 5.74) is 10.5. The van der Waals surface area contributed by atoms with Gasteiger partial charge in [-0.2, -0.15) is 5.26 Å². The second-order valence-corrected chi connectivity index (χ2v) is 8.08. The van der Waals surface area contributed by atoms with E-state index in [9.17, 15) is 0 Å². The number of benzene rings is 2. The van der Waals surface area contributed by atoms with E-state index in [4.69, 9.17) is 22.6 Å². The second kappa shape index (κ2) is 7.89. The Kier molecular flexibility index (Phi) is 5.32. The molecule has 3 N–H and O–H groups in total. The molecule has 1 saturated carbocycles. The molecule has 0 unspecified atom stereocenters.